The smallest absolute Gasteiger partial charge is 0.237 e. The van der Waals surface area contributed by atoms with Crippen molar-refractivity contribution in [2.75, 3.05) is 20.1 Å². The lowest BCUT2D eigenvalue weighted by Crippen LogP contribution is -2.41. The van der Waals surface area contributed by atoms with Crippen LogP contribution in [0.4, 0.5) is 0 Å². The van der Waals surface area contributed by atoms with Crippen molar-refractivity contribution in [2.45, 2.75) is 18.3 Å². The monoisotopic (exact) mass is 319 g/mol. The second-order valence-corrected chi connectivity index (χ2v) is 6.54. The fourth-order valence-electron chi connectivity index (χ4n) is 3.51. The Morgan fingerprint density at radius 2 is 1.54 bits per heavy atom. The van der Waals surface area contributed by atoms with E-state index in [9.17, 15) is 0 Å². The van der Waals surface area contributed by atoms with Gasteiger partial charge in [-0.2, -0.15) is 4.98 Å². The summed E-state index contributed by atoms with van der Waals surface area (Å²) >= 11 is 0. The number of piperidine rings is 1. The molecule has 1 aliphatic heterocycles. The first-order valence-corrected chi connectivity index (χ1v) is 8.42. The molecule has 1 saturated heterocycles. The minimum Gasteiger partial charge on any atom is -0.338 e. The third kappa shape index (κ3) is 2.63. The van der Waals surface area contributed by atoms with Crippen LogP contribution in [0.5, 0.6) is 0 Å². The quantitative estimate of drug-likeness (QED) is 0.737. The molecule has 0 N–H and O–H groups in total. The van der Waals surface area contributed by atoms with Crippen LogP contribution in [0, 0.1) is 0 Å². The maximum absolute atomic E-state index is 5.77. The van der Waals surface area contributed by atoms with Crippen LogP contribution >= 0.6 is 0 Å². The summed E-state index contributed by atoms with van der Waals surface area (Å²) in [5.41, 5.74) is 2.07. The molecule has 2 aromatic carbocycles. The molecule has 1 aromatic heterocycles. The standard InChI is InChI=1S/C20H21N3O/c1-23-14-12-20(13-15-23,17-10-6-3-7-11-17)19-21-18(22-24-19)16-8-4-2-5-9-16/h2-11H,12-15H2,1H3. The molecule has 1 aliphatic rings. The molecule has 0 amide bonds. The molecule has 4 heteroatoms. The van der Waals surface area contributed by atoms with Gasteiger partial charge < -0.3 is 9.42 Å². The van der Waals surface area contributed by atoms with E-state index in [1.807, 2.05) is 30.3 Å². The van der Waals surface area contributed by atoms with Crippen molar-refractivity contribution in [3.63, 3.8) is 0 Å². The van der Waals surface area contributed by atoms with E-state index >= 15 is 0 Å². The van der Waals surface area contributed by atoms with E-state index in [1.54, 1.807) is 0 Å². The van der Waals surface area contributed by atoms with Gasteiger partial charge in [0.05, 0.1) is 5.41 Å². The van der Waals surface area contributed by atoms with E-state index < -0.39 is 0 Å². The highest BCUT2D eigenvalue weighted by molar-refractivity contribution is 5.54. The van der Waals surface area contributed by atoms with Gasteiger partial charge in [-0.25, -0.2) is 0 Å². The van der Waals surface area contributed by atoms with Crippen LogP contribution < -0.4 is 0 Å². The van der Waals surface area contributed by atoms with Crippen LogP contribution in [0.2, 0.25) is 0 Å². The van der Waals surface area contributed by atoms with Gasteiger partial charge in [0.25, 0.3) is 0 Å². The predicted molar refractivity (Wildman–Crippen MR) is 93.7 cm³/mol. The molecule has 122 valence electrons. The Balaban J connectivity index is 1.76. The van der Waals surface area contributed by atoms with E-state index in [4.69, 9.17) is 9.51 Å². The third-order valence-corrected chi connectivity index (χ3v) is 5.03. The van der Waals surface area contributed by atoms with Crippen LogP contribution in [-0.2, 0) is 5.41 Å². The Kier molecular flexibility index (Phi) is 3.90. The summed E-state index contributed by atoms with van der Waals surface area (Å²) in [6.45, 7) is 2.05. The SMILES string of the molecule is CN1CCC(c2ccccc2)(c2nc(-c3ccccc3)no2)CC1. The van der Waals surface area contributed by atoms with Crippen molar-refractivity contribution in [1.29, 1.82) is 0 Å². The van der Waals surface area contributed by atoms with Crippen LogP contribution in [0.3, 0.4) is 0 Å². The highest BCUT2D eigenvalue weighted by atomic mass is 16.5. The summed E-state index contributed by atoms with van der Waals surface area (Å²) in [7, 11) is 2.16. The van der Waals surface area contributed by atoms with E-state index in [1.165, 1.54) is 5.56 Å². The fraction of sp³-hybridized carbons (Fsp3) is 0.300. The van der Waals surface area contributed by atoms with Crippen LogP contribution in [0.15, 0.2) is 65.2 Å². The lowest BCUT2D eigenvalue weighted by molar-refractivity contribution is 0.179. The van der Waals surface area contributed by atoms with Gasteiger partial charge in [-0.05, 0) is 38.5 Å². The summed E-state index contributed by atoms with van der Waals surface area (Å²) in [5, 5.41) is 4.25. The molecule has 0 aliphatic carbocycles. The van der Waals surface area contributed by atoms with Gasteiger partial charge in [0.2, 0.25) is 11.7 Å². The van der Waals surface area contributed by atoms with Crippen molar-refractivity contribution in [2.24, 2.45) is 0 Å². The average Bonchev–Trinajstić information content (AvgIpc) is 3.15. The lowest BCUT2D eigenvalue weighted by atomic mass is 9.72. The Hall–Kier alpha value is -2.46. The van der Waals surface area contributed by atoms with E-state index in [0.29, 0.717) is 5.82 Å². The van der Waals surface area contributed by atoms with Crippen LogP contribution in [0.25, 0.3) is 11.4 Å². The van der Waals surface area contributed by atoms with Gasteiger partial charge in [0.1, 0.15) is 0 Å². The van der Waals surface area contributed by atoms with E-state index in [2.05, 4.69) is 47.4 Å². The molecule has 0 spiro atoms. The molecule has 0 radical (unpaired) electrons. The number of rotatable bonds is 3. The van der Waals surface area contributed by atoms with Crippen molar-refractivity contribution >= 4 is 0 Å². The predicted octanol–water partition coefficient (Wildman–Crippen LogP) is 3.75. The summed E-state index contributed by atoms with van der Waals surface area (Å²) < 4.78 is 5.77. The highest BCUT2D eigenvalue weighted by Gasteiger charge is 2.42. The Bertz CT molecular complexity index is 790. The van der Waals surface area contributed by atoms with E-state index in [-0.39, 0.29) is 5.41 Å². The molecular weight excluding hydrogens is 298 g/mol. The van der Waals surface area contributed by atoms with Crippen molar-refractivity contribution in [3.05, 3.63) is 72.1 Å². The van der Waals surface area contributed by atoms with Gasteiger partial charge in [-0.15, -0.1) is 0 Å². The molecule has 1 fully saturated rings. The molecule has 24 heavy (non-hydrogen) atoms. The summed E-state index contributed by atoms with van der Waals surface area (Å²) in [4.78, 5) is 7.14. The molecule has 0 saturated carbocycles. The molecule has 3 aromatic rings. The number of nitrogens with zero attached hydrogens (tertiary/aromatic N) is 3. The topological polar surface area (TPSA) is 42.2 Å². The number of hydrogen-bond acceptors (Lipinski definition) is 4. The first-order valence-electron chi connectivity index (χ1n) is 8.42. The maximum atomic E-state index is 5.77. The third-order valence-electron chi connectivity index (χ3n) is 5.03. The van der Waals surface area contributed by atoms with E-state index in [0.717, 1.165) is 37.4 Å². The largest absolute Gasteiger partial charge is 0.338 e. The Morgan fingerprint density at radius 1 is 0.917 bits per heavy atom. The second-order valence-electron chi connectivity index (χ2n) is 6.54. The van der Waals surface area contributed by atoms with Gasteiger partial charge in [0, 0.05) is 5.56 Å². The fourth-order valence-corrected chi connectivity index (χ4v) is 3.51. The molecule has 0 bridgehead atoms. The zero-order chi connectivity index (χ0) is 16.4. The van der Waals surface area contributed by atoms with Gasteiger partial charge >= 0.3 is 0 Å². The first kappa shape index (κ1) is 15.1. The minimum absolute atomic E-state index is 0.187. The Morgan fingerprint density at radius 3 is 2.21 bits per heavy atom. The van der Waals surface area contributed by atoms with Gasteiger partial charge in [-0.3, -0.25) is 0 Å². The second kappa shape index (κ2) is 6.21. The first-order chi connectivity index (χ1) is 11.8. The molecule has 0 unspecified atom stereocenters. The van der Waals surface area contributed by atoms with Crippen LogP contribution in [-0.4, -0.2) is 35.2 Å². The summed E-state index contributed by atoms with van der Waals surface area (Å²) in [6, 6.07) is 20.6. The van der Waals surface area contributed by atoms with Crippen molar-refractivity contribution in [1.82, 2.24) is 15.0 Å². The van der Waals surface area contributed by atoms with Crippen molar-refractivity contribution < 1.29 is 4.52 Å². The molecule has 4 rings (SSSR count). The van der Waals surface area contributed by atoms with Crippen LogP contribution in [0.1, 0.15) is 24.3 Å². The Labute approximate surface area is 142 Å². The average molecular weight is 319 g/mol. The van der Waals surface area contributed by atoms with Crippen molar-refractivity contribution in [3.8, 4) is 11.4 Å². The summed E-state index contributed by atoms with van der Waals surface area (Å²) in [5.74, 6) is 1.40. The number of aromatic nitrogens is 2. The lowest BCUT2D eigenvalue weighted by Gasteiger charge is -2.38. The summed E-state index contributed by atoms with van der Waals surface area (Å²) in [6.07, 6.45) is 1.98. The molecule has 0 atom stereocenters. The van der Waals surface area contributed by atoms with Gasteiger partial charge in [-0.1, -0.05) is 65.8 Å². The molecular formula is C20H21N3O. The zero-order valence-electron chi connectivity index (χ0n) is 13.9. The maximum Gasteiger partial charge on any atom is 0.237 e. The number of hydrogen-bond donors (Lipinski definition) is 0. The van der Waals surface area contributed by atoms with Gasteiger partial charge in [0.15, 0.2) is 0 Å². The normalized spacial score (nSPS) is 17.7. The molecule has 4 nitrogen and oxygen atoms in total. The highest BCUT2D eigenvalue weighted by Crippen LogP contribution is 2.41. The number of benzene rings is 2. The zero-order valence-corrected chi connectivity index (χ0v) is 13.9. The minimum atomic E-state index is -0.187. The number of likely N-dealkylation sites (tertiary alicyclic amines) is 1. The molecule has 2 heterocycles.